The summed E-state index contributed by atoms with van der Waals surface area (Å²) in [6.45, 7) is 3.12. The van der Waals surface area contributed by atoms with Crippen LogP contribution >= 0.6 is 0 Å². The summed E-state index contributed by atoms with van der Waals surface area (Å²) in [5, 5.41) is 6.07. The molecule has 5 nitrogen and oxygen atoms in total. The fourth-order valence-electron chi connectivity index (χ4n) is 2.42. The Morgan fingerprint density at radius 2 is 1.96 bits per heavy atom. The Kier molecular flexibility index (Phi) is 8.10. The van der Waals surface area contributed by atoms with Crippen molar-refractivity contribution < 1.29 is 18.3 Å². The van der Waals surface area contributed by atoms with Crippen molar-refractivity contribution in [1.29, 1.82) is 0 Å². The van der Waals surface area contributed by atoms with E-state index in [0.29, 0.717) is 30.5 Å². The molecule has 0 spiro atoms. The van der Waals surface area contributed by atoms with Crippen molar-refractivity contribution in [2.45, 2.75) is 20.0 Å². The Morgan fingerprint density at radius 1 is 1.14 bits per heavy atom. The number of rotatable bonds is 8. The molecule has 0 bridgehead atoms. The second kappa shape index (κ2) is 10.8. The summed E-state index contributed by atoms with van der Waals surface area (Å²) >= 11 is 0. The lowest BCUT2D eigenvalue weighted by Crippen LogP contribution is -2.37. The minimum absolute atomic E-state index is 0.106. The fraction of sp³-hybridized carbons (Fsp3) is 0.286. The molecule has 0 unspecified atom stereocenters. The molecule has 2 aromatic carbocycles. The minimum atomic E-state index is -0.488. The van der Waals surface area contributed by atoms with Crippen LogP contribution in [0.4, 0.5) is 8.78 Å². The van der Waals surface area contributed by atoms with Crippen LogP contribution in [0.3, 0.4) is 0 Å². The Bertz CT molecular complexity index is 863. The summed E-state index contributed by atoms with van der Waals surface area (Å²) < 4.78 is 37.8. The molecule has 7 heteroatoms. The highest BCUT2D eigenvalue weighted by atomic mass is 19.1. The highest BCUT2D eigenvalue weighted by Crippen LogP contribution is 2.28. The van der Waals surface area contributed by atoms with Crippen molar-refractivity contribution in [2.75, 3.05) is 20.3 Å². The lowest BCUT2D eigenvalue weighted by molar-refractivity contribution is 0.330. The number of aliphatic imine (C=N–C) groups is 1. The summed E-state index contributed by atoms with van der Waals surface area (Å²) in [7, 11) is 1.55. The minimum Gasteiger partial charge on any atom is -0.493 e. The zero-order valence-electron chi connectivity index (χ0n) is 15.9. The van der Waals surface area contributed by atoms with Crippen LogP contribution in [0.5, 0.6) is 11.5 Å². The van der Waals surface area contributed by atoms with Crippen LogP contribution in [-0.2, 0) is 13.1 Å². The third-order valence-corrected chi connectivity index (χ3v) is 3.76. The predicted molar refractivity (Wildman–Crippen MR) is 105 cm³/mol. The number of terminal acetylenes is 1. The number of guanidine groups is 1. The van der Waals surface area contributed by atoms with Gasteiger partial charge in [0.05, 0.1) is 13.7 Å². The van der Waals surface area contributed by atoms with Crippen molar-refractivity contribution in [3.05, 3.63) is 59.2 Å². The quantitative estimate of drug-likeness (QED) is 0.415. The molecular weight excluding hydrogens is 364 g/mol. The first-order valence-electron chi connectivity index (χ1n) is 8.76. The number of benzene rings is 2. The van der Waals surface area contributed by atoms with Gasteiger partial charge in [-0.15, -0.1) is 6.42 Å². The zero-order valence-corrected chi connectivity index (χ0v) is 15.9. The molecular formula is C21H23F2N3O2. The molecule has 0 aliphatic rings. The van der Waals surface area contributed by atoms with Gasteiger partial charge >= 0.3 is 0 Å². The molecule has 0 aliphatic carbocycles. The normalized spacial score (nSPS) is 10.9. The first-order chi connectivity index (χ1) is 13.6. The van der Waals surface area contributed by atoms with E-state index in [9.17, 15) is 8.78 Å². The number of halogens is 2. The van der Waals surface area contributed by atoms with Crippen LogP contribution < -0.4 is 20.1 Å². The van der Waals surface area contributed by atoms with E-state index in [-0.39, 0.29) is 18.7 Å². The largest absolute Gasteiger partial charge is 0.493 e. The van der Waals surface area contributed by atoms with Gasteiger partial charge in [0.25, 0.3) is 0 Å². The zero-order chi connectivity index (χ0) is 20.4. The molecule has 2 N–H and O–H groups in total. The summed E-state index contributed by atoms with van der Waals surface area (Å²) in [5.74, 6) is 3.04. The third-order valence-electron chi connectivity index (χ3n) is 3.76. The number of ether oxygens (including phenoxy) is 2. The van der Waals surface area contributed by atoms with Crippen molar-refractivity contribution in [1.82, 2.24) is 10.6 Å². The number of methoxy groups -OCH3 is 1. The molecule has 0 saturated heterocycles. The smallest absolute Gasteiger partial charge is 0.191 e. The van der Waals surface area contributed by atoms with E-state index in [1.54, 1.807) is 19.2 Å². The van der Waals surface area contributed by atoms with E-state index >= 15 is 0 Å². The van der Waals surface area contributed by atoms with E-state index in [1.165, 1.54) is 0 Å². The molecule has 0 amide bonds. The average molecular weight is 387 g/mol. The topological polar surface area (TPSA) is 54.9 Å². The molecule has 0 atom stereocenters. The summed E-state index contributed by atoms with van der Waals surface area (Å²) in [6.07, 6.45) is 5.23. The maximum atomic E-state index is 13.8. The molecule has 0 heterocycles. The van der Waals surface area contributed by atoms with Gasteiger partial charge in [0.2, 0.25) is 0 Å². The maximum Gasteiger partial charge on any atom is 0.191 e. The second-order valence-corrected chi connectivity index (χ2v) is 5.76. The lowest BCUT2D eigenvalue weighted by Gasteiger charge is -2.13. The molecule has 0 fully saturated rings. The van der Waals surface area contributed by atoms with Crippen LogP contribution in [-0.4, -0.2) is 26.2 Å². The number of nitrogens with one attached hydrogen (secondary N) is 2. The van der Waals surface area contributed by atoms with Crippen molar-refractivity contribution in [3.8, 4) is 23.8 Å². The molecule has 148 valence electrons. The van der Waals surface area contributed by atoms with E-state index < -0.39 is 11.6 Å². The van der Waals surface area contributed by atoms with Crippen LogP contribution in [0.1, 0.15) is 18.1 Å². The Hall–Kier alpha value is -3.27. The van der Waals surface area contributed by atoms with Crippen molar-refractivity contribution in [2.24, 2.45) is 4.99 Å². The SMILES string of the molecule is C#CCOc1cc(CN=C(NCC)NCc2cc(F)ccc2F)ccc1OC. The van der Waals surface area contributed by atoms with Crippen LogP contribution in [0.25, 0.3) is 0 Å². The van der Waals surface area contributed by atoms with Gasteiger partial charge in [0.15, 0.2) is 17.5 Å². The molecule has 0 aliphatic heterocycles. The van der Waals surface area contributed by atoms with E-state index in [4.69, 9.17) is 15.9 Å². The lowest BCUT2D eigenvalue weighted by atomic mass is 10.2. The standard InChI is InChI=1S/C21H23F2N3O2/c1-4-10-28-20-11-15(6-9-19(20)27-3)13-25-21(24-5-2)26-14-16-12-17(22)7-8-18(16)23/h1,6-9,11-12H,5,10,13-14H2,2-3H3,(H2,24,25,26). The first-order valence-corrected chi connectivity index (χ1v) is 8.76. The fourth-order valence-corrected chi connectivity index (χ4v) is 2.42. The third kappa shape index (κ3) is 6.16. The van der Waals surface area contributed by atoms with Gasteiger partial charge in [-0.2, -0.15) is 0 Å². The van der Waals surface area contributed by atoms with E-state index in [0.717, 1.165) is 23.8 Å². The average Bonchev–Trinajstić information content (AvgIpc) is 2.70. The molecule has 0 radical (unpaired) electrons. The maximum absolute atomic E-state index is 13.8. The van der Waals surface area contributed by atoms with Gasteiger partial charge in [0.1, 0.15) is 18.2 Å². The predicted octanol–water partition coefficient (Wildman–Crippen LogP) is 3.24. The molecule has 28 heavy (non-hydrogen) atoms. The van der Waals surface area contributed by atoms with E-state index in [1.807, 2.05) is 13.0 Å². The Balaban J connectivity index is 2.09. The van der Waals surface area contributed by atoms with E-state index in [2.05, 4.69) is 21.5 Å². The Labute approximate surface area is 163 Å². The summed E-state index contributed by atoms with van der Waals surface area (Å²) in [6, 6.07) is 8.78. The van der Waals surface area contributed by atoms with Gasteiger partial charge in [-0.25, -0.2) is 13.8 Å². The highest BCUT2D eigenvalue weighted by molar-refractivity contribution is 5.79. The van der Waals surface area contributed by atoms with Crippen LogP contribution in [0.15, 0.2) is 41.4 Å². The molecule has 2 aromatic rings. The van der Waals surface area contributed by atoms with Gasteiger partial charge in [-0.1, -0.05) is 12.0 Å². The van der Waals surface area contributed by atoms with Gasteiger partial charge in [0, 0.05) is 18.7 Å². The first kappa shape index (κ1) is 21.0. The van der Waals surface area contributed by atoms with Gasteiger partial charge in [-0.3, -0.25) is 0 Å². The van der Waals surface area contributed by atoms with Crippen LogP contribution in [0.2, 0.25) is 0 Å². The Morgan fingerprint density at radius 3 is 2.68 bits per heavy atom. The second-order valence-electron chi connectivity index (χ2n) is 5.76. The highest BCUT2D eigenvalue weighted by Gasteiger charge is 2.07. The van der Waals surface area contributed by atoms with Gasteiger partial charge in [-0.05, 0) is 42.8 Å². The number of nitrogens with zero attached hydrogens (tertiary/aromatic N) is 1. The summed E-state index contributed by atoms with van der Waals surface area (Å²) in [5.41, 5.74) is 1.10. The van der Waals surface area contributed by atoms with Crippen LogP contribution in [0, 0.1) is 24.0 Å². The number of hydrogen-bond donors (Lipinski definition) is 2. The number of hydrogen-bond acceptors (Lipinski definition) is 3. The molecule has 0 saturated carbocycles. The molecule has 2 rings (SSSR count). The van der Waals surface area contributed by atoms with Gasteiger partial charge < -0.3 is 20.1 Å². The van der Waals surface area contributed by atoms with Crippen molar-refractivity contribution in [3.63, 3.8) is 0 Å². The monoisotopic (exact) mass is 387 g/mol. The summed E-state index contributed by atoms with van der Waals surface area (Å²) in [4.78, 5) is 4.47. The molecule has 0 aromatic heterocycles. The van der Waals surface area contributed by atoms with Crippen molar-refractivity contribution >= 4 is 5.96 Å².